The summed E-state index contributed by atoms with van der Waals surface area (Å²) in [4.78, 5) is 16.7. The Bertz CT molecular complexity index is 447. The van der Waals surface area contributed by atoms with Crippen LogP contribution in [-0.2, 0) is 4.74 Å². The molecule has 2 rings (SSSR count). The maximum Gasteiger partial charge on any atom is 0.410 e. The number of aliphatic hydroxyl groups is 1. The third-order valence-electron chi connectivity index (χ3n) is 5.03. The first-order valence-electron chi connectivity index (χ1n) is 9.16. The van der Waals surface area contributed by atoms with E-state index in [2.05, 4.69) is 17.1 Å². The highest BCUT2D eigenvalue weighted by Crippen LogP contribution is 2.26. The molecule has 2 N–H and O–H groups in total. The number of nitrogens with zero attached hydrogens (tertiary/aromatic N) is 2. The Morgan fingerprint density at radius 3 is 2.58 bits per heavy atom. The largest absolute Gasteiger partial charge is 0.444 e. The molecule has 140 valence electrons. The number of carbonyl (C=O) groups is 1. The van der Waals surface area contributed by atoms with Gasteiger partial charge in [-0.25, -0.2) is 4.79 Å². The lowest BCUT2D eigenvalue weighted by atomic mass is 9.88. The van der Waals surface area contributed by atoms with Gasteiger partial charge in [-0.05, 0) is 54.4 Å². The SMILES string of the molecule is C[C@@H]1CC(C)(O)CCN1C[C@H]1CN(C(=O)OC(C)(C)C)[C@H](C)CN1. The van der Waals surface area contributed by atoms with Crippen LogP contribution in [-0.4, -0.2) is 76.5 Å². The lowest BCUT2D eigenvalue weighted by molar-refractivity contribution is -0.0347. The zero-order valence-corrected chi connectivity index (χ0v) is 16.1. The van der Waals surface area contributed by atoms with Gasteiger partial charge in [0.05, 0.1) is 5.60 Å². The monoisotopic (exact) mass is 341 g/mol. The number of piperidine rings is 1. The fraction of sp³-hybridized carbons (Fsp3) is 0.944. The van der Waals surface area contributed by atoms with Gasteiger partial charge in [0.2, 0.25) is 0 Å². The maximum absolute atomic E-state index is 12.4. The first kappa shape index (κ1) is 19.5. The number of amides is 1. The second kappa shape index (κ2) is 7.18. The zero-order chi connectivity index (χ0) is 18.1. The van der Waals surface area contributed by atoms with Gasteiger partial charge in [-0.15, -0.1) is 0 Å². The molecular weight excluding hydrogens is 306 g/mol. The van der Waals surface area contributed by atoms with Crippen LogP contribution in [0.2, 0.25) is 0 Å². The van der Waals surface area contributed by atoms with Crippen LogP contribution in [0.1, 0.15) is 54.4 Å². The zero-order valence-electron chi connectivity index (χ0n) is 16.1. The average Bonchev–Trinajstić information content (AvgIpc) is 2.41. The Morgan fingerprint density at radius 2 is 2.00 bits per heavy atom. The van der Waals surface area contributed by atoms with Crippen molar-refractivity contribution in [2.75, 3.05) is 26.2 Å². The number of nitrogens with one attached hydrogen (secondary N) is 1. The predicted molar refractivity (Wildman–Crippen MR) is 95.1 cm³/mol. The normalized spacial score (nSPS) is 35.8. The minimum atomic E-state index is -0.549. The van der Waals surface area contributed by atoms with Crippen molar-refractivity contribution in [3.8, 4) is 0 Å². The average molecular weight is 341 g/mol. The summed E-state index contributed by atoms with van der Waals surface area (Å²) in [5.41, 5.74) is -1.02. The van der Waals surface area contributed by atoms with Crippen molar-refractivity contribution in [2.45, 2.75) is 83.7 Å². The van der Waals surface area contributed by atoms with Gasteiger partial charge in [0, 0.05) is 44.3 Å². The van der Waals surface area contributed by atoms with Crippen molar-refractivity contribution >= 4 is 6.09 Å². The van der Waals surface area contributed by atoms with Crippen LogP contribution in [0.3, 0.4) is 0 Å². The molecule has 1 amide bonds. The van der Waals surface area contributed by atoms with E-state index >= 15 is 0 Å². The van der Waals surface area contributed by atoms with Crippen molar-refractivity contribution in [1.82, 2.24) is 15.1 Å². The summed E-state index contributed by atoms with van der Waals surface area (Å²) >= 11 is 0. The smallest absolute Gasteiger partial charge is 0.410 e. The van der Waals surface area contributed by atoms with Crippen LogP contribution in [0.25, 0.3) is 0 Å². The molecule has 6 nitrogen and oxygen atoms in total. The van der Waals surface area contributed by atoms with Gasteiger partial charge >= 0.3 is 6.09 Å². The van der Waals surface area contributed by atoms with Gasteiger partial charge in [0.15, 0.2) is 0 Å². The maximum atomic E-state index is 12.4. The van der Waals surface area contributed by atoms with E-state index in [1.54, 1.807) is 0 Å². The Hall–Kier alpha value is -0.850. The molecule has 2 aliphatic heterocycles. The molecule has 2 heterocycles. The fourth-order valence-electron chi connectivity index (χ4n) is 3.65. The minimum absolute atomic E-state index is 0.135. The lowest BCUT2D eigenvalue weighted by Crippen LogP contribution is -2.62. The van der Waals surface area contributed by atoms with Crippen molar-refractivity contribution in [3.63, 3.8) is 0 Å². The number of ether oxygens (including phenoxy) is 1. The Kier molecular flexibility index (Phi) is 5.83. The number of carbonyl (C=O) groups excluding carboxylic acids is 1. The summed E-state index contributed by atoms with van der Waals surface area (Å²) in [5, 5.41) is 13.8. The highest BCUT2D eigenvalue weighted by molar-refractivity contribution is 5.68. The van der Waals surface area contributed by atoms with Crippen molar-refractivity contribution in [2.24, 2.45) is 0 Å². The van der Waals surface area contributed by atoms with E-state index in [-0.39, 0.29) is 18.2 Å². The third kappa shape index (κ3) is 5.33. The van der Waals surface area contributed by atoms with E-state index in [0.29, 0.717) is 12.6 Å². The van der Waals surface area contributed by atoms with Crippen molar-refractivity contribution in [1.29, 1.82) is 0 Å². The first-order chi connectivity index (χ1) is 11.0. The van der Waals surface area contributed by atoms with Crippen LogP contribution in [0.5, 0.6) is 0 Å². The van der Waals surface area contributed by atoms with E-state index in [0.717, 1.165) is 32.5 Å². The molecule has 2 aliphatic rings. The van der Waals surface area contributed by atoms with Crippen LogP contribution in [0.15, 0.2) is 0 Å². The molecule has 0 radical (unpaired) electrons. The highest BCUT2D eigenvalue weighted by atomic mass is 16.6. The Labute approximate surface area is 146 Å². The second-order valence-corrected chi connectivity index (χ2v) is 8.88. The molecule has 24 heavy (non-hydrogen) atoms. The van der Waals surface area contributed by atoms with E-state index in [9.17, 15) is 9.90 Å². The Morgan fingerprint density at radius 1 is 1.33 bits per heavy atom. The summed E-state index contributed by atoms with van der Waals surface area (Å²) in [6.07, 6.45) is 1.37. The molecule has 1 unspecified atom stereocenters. The van der Waals surface area contributed by atoms with Gasteiger partial charge in [-0.3, -0.25) is 4.90 Å². The molecule has 0 bridgehead atoms. The van der Waals surface area contributed by atoms with E-state index in [1.165, 1.54) is 0 Å². The quantitative estimate of drug-likeness (QED) is 0.802. The van der Waals surface area contributed by atoms with E-state index in [1.807, 2.05) is 39.5 Å². The molecule has 2 fully saturated rings. The molecule has 6 heteroatoms. The number of likely N-dealkylation sites (tertiary alicyclic amines) is 1. The summed E-state index contributed by atoms with van der Waals surface area (Å²) in [7, 11) is 0. The molecule has 0 spiro atoms. The molecular formula is C18H35N3O3. The predicted octanol–water partition coefficient (Wildman–Crippen LogP) is 1.82. The van der Waals surface area contributed by atoms with Crippen molar-refractivity contribution < 1.29 is 14.6 Å². The van der Waals surface area contributed by atoms with Crippen LogP contribution in [0.4, 0.5) is 4.79 Å². The van der Waals surface area contributed by atoms with Gasteiger partial charge in [0.1, 0.15) is 5.60 Å². The molecule has 0 aromatic rings. The van der Waals surface area contributed by atoms with Gasteiger partial charge in [-0.1, -0.05) is 0 Å². The third-order valence-corrected chi connectivity index (χ3v) is 5.03. The summed E-state index contributed by atoms with van der Waals surface area (Å²) in [5.74, 6) is 0. The topological polar surface area (TPSA) is 65.0 Å². The van der Waals surface area contributed by atoms with Crippen LogP contribution < -0.4 is 5.32 Å². The minimum Gasteiger partial charge on any atom is -0.444 e. The lowest BCUT2D eigenvalue weighted by Gasteiger charge is -2.45. The summed E-state index contributed by atoms with van der Waals surface area (Å²) < 4.78 is 5.55. The van der Waals surface area contributed by atoms with E-state index < -0.39 is 11.2 Å². The van der Waals surface area contributed by atoms with Crippen LogP contribution >= 0.6 is 0 Å². The number of rotatable bonds is 2. The van der Waals surface area contributed by atoms with Gasteiger partial charge < -0.3 is 20.1 Å². The Balaban J connectivity index is 1.92. The molecule has 0 aromatic heterocycles. The van der Waals surface area contributed by atoms with Crippen LogP contribution in [0, 0.1) is 0 Å². The molecule has 0 aliphatic carbocycles. The first-order valence-corrected chi connectivity index (χ1v) is 9.16. The number of piperazine rings is 1. The molecule has 0 saturated carbocycles. The van der Waals surface area contributed by atoms with Gasteiger partial charge in [0.25, 0.3) is 0 Å². The van der Waals surface area contributed by atoms with Gasteiger partial charge in [-0.2, -0.15) is 0 Å². The number of hydrogen-bond acceptors (Lipinski definition) is 5. The standard InChI is InChI=1S/C18H35N3O3/c1-13-9-18(6,23)7-8-20(13)11-15-12-21(14(2)10-19-15)16(22)24-17(3,4)5/h13-15,19,23H,7-12H2,1-6H3/t13-,14-,15+,18?/m1/s1. The van der Waals surface area contributed by atoms with E-state index in [4.69, 9.17) is 4.74 Å². The van der Waals surface area contributed by atoms with Crippen molar-refractivity contribution in [3.05, 3.63) is 0 Å². The molecule has 4 atom stereocenters. The summed E-state index contributed by atoms with van der Waals surface area (Å²) in [6.45, 7) is 15.1. The second-order valence-electron chi connectivity index (χ2n) is 8.88. The highest BCUT2D eigenvalue weighted by Gasteiger charge is 2.36. The summed E-state index contributed by atoms with van der Waals surface area (Å²) in [6, 6.07) is 0.722. The number of hydrogen-bond donors (Lipinski definition) is 2. The molecule has 2 saturated heterocycles. The fourth-order valence-corrected chi connectivity index (χ4v) is 3.65. The molecule has 0 aromatic carbocycles.